The maximum atomic E-state index is 12.9. The molecule has 1 amide bonds. The van der Waals surface area contributed by atoms with E-state index in [1.807, 2.05) is 39.0 Å². The maximum absolute atomic E-state index is 12.9. The Morgan fingerprint density at radius 2 is 1.15 bits per heavy atom. The van der Waals surface area contributed by atoms with Gasteiger partial charge in [0.2, 0.25) is 0 Å². The van der Waals surface area contributed by atoms with Gasteiger partial charge < -0.3 is 5.32 Å². The lowest BCUT2D eigenvalue weighted by Crippen LogP contribution is -2.16. The topological polar surface area (TPSA) is 121 Å². The normalized spacial score (nSPS) is 11.6. The van der Waals surface area contributed by atoms with Crippen LogP contribution < -0.4 is 14.8 Å². The highest BCUT2D eigenvalue weighted by Crippen LogP contribution is 2.25. The molecule has 0 bridgehead atoms. The molecule has 0 aliphatic heterocycles. The van der Waals surface area contributed by atoms with Gasteiger partial charge in [0, 0.05) is 11.3 Å². The maximum Gasteiger partial charge on any atom is 0.261 e. The van der Waals surface area contributed by atoms with Gasteiger partial charge in [-0.15, -0.1) is 0 Å². The number of carbonyl (C=O) groups is 1. The van der Waals surface area contributed by atoms with Crippen LogP contribution in [0.3, 0.4) is 0 Å². The third-order valence-electron chi connectivity index (χ3n) is 6.20. The number of nitrogens with one attached hydrogen (secondary N) is 3. The van der Waals surface area contributed by atoms with Crippen molar-refractivity contribution in [2.24, 2.45) is 0 Å². The van der Waals surface area contributed by atoms with Gasteiger partial charge in [-0.05, 0) is 99.0 Å². The molecule has 0 spiro atoms. The van der Waals surface area contributed by atoms with E-state index in [0.29, 0.717) is 28.2 Å². The molecule has 0 aliphatic rings. The molecule has 39 heavy (non-hydrogen) atoms. The summed E-state index contributed by atoms with van der Waals surface area (Å²) < 4.78 is 56.4. The summed E-state index contributed by atoms with van der Waals surface area (Å²) >= 11 is 0. The molecule has 8 nitrogen and oxygen atoms in total. The van der Waals surface area contributed by atoms with Gasteiger partial charge in [0.1, 0.15) is 0 Å². The Labute approximate surface area is 229 Å². The first-order chi connectivity index (χ1) is 18.4. The molecule has 0 heterocycles. The lowest BCUT2D eigenvalue weighted by Gasteiger charge is -2.14. The van der Waals surface area contributed by atoms with Crippen LogP contribution in [0, 0.1) is 27.7 Å². The van der Waals surface area contributed by atoms with E-state index in [9.17, 15) is 21.6 Å². The van der Waals surface area contributed by atoms with Gasteiger partial charge in [0.25, 0.3) is 26.0 Å². The van der Waals surface area contributed by atoms with Gasteiger partial charge in [0.15, 0.2) is 0 Å². The summed E-state index contributed by atoms with van der Waals surface area (Å²) in [5, 5.41) is 2.74. The van der Waals surface area contributed by atoms with Crippen LogP contribution in [-0.2, 0) is 20.0 Å². The van der Waals surface area contributed by atoms with Gasteiger partial charge in [-0.1, -0.05) is 35.9 Å². The monoisotopic (exact) mass is 563 g/mol. The molecule has 4 aromatic rings. The number of rotatable bonds is 8. The van der Waals surface area contributed by atoms with Crippen molar-refractivity contribution in [1.29, 1.82) is 0 Å². The Morgan fingerprint density at radius 3 is 1.72 bits per heavy atom. The number of aryl methyl sites for hydroxylation is 4. The third kappa shape index (κ3) is 6.47. The van der Waals surface area contributed by atoms with Gasteiger partial charge in [-0.3, -0.25) is 14.2 Å². The first kappa shape index (κ1) is 27.9. The molecular formula is C29H29N3O5S2. The second-order valence-corrected chi connectivity index (χ2v) is 12.7. The molecule has 0 radical (unpaired) electrons. The van der Waals surface area contributed by atoms with E-state index in [1.165, 1.54) is 48.5 Å². The molecule has 0 aliphatic carbocycles. The minimum Gasteiger partial charge on any atom is -0.322 e. The van der Waals surface area contributed by atoms with Gasteiger partial charge in [-0.25, -0.2) is 16.8 Å². The summed E-state index contributed by atoms with van der Waals surface area (Å²) in [4.78, 5) is 13.0. The summed E-state index contributed by atoms with van der Waals surface area (Å²) in [5.41, 5.74) is 4.77. The van der Waals surface area contributed by atoms with Gasteiger partial charge in [-0.2, -0.15) is 0 Å². The van der Waals surface area contributed by atoms with Gasteiger partial charge in [0.05, 0.1) is 21.2 Å². The minimum absolute atomic E-state index is 0.0595. The molecule has 4 rings (SSSR count). The van der Waals surface area contributed by atoms with Crippen molar-refractivity contribution in [3.05, 3.63) is 113 Å². The quantitative estimate of drug-likeness (QED) is 0.251. The Balaban J connectivity index is 1.45. The fraction of sp³-hybridized carbons (Fsp3) is 0.138. The fourth-order valence-electron chi connectivity index (χ4n) is 3.93. The van der Waals surface area contributed by atoms with Crippen LogP contribution in [0.2, 0.25) is 0 Å². The Bertz CT molecular complexity index is 1730. The van der Waals surface area contributed by atoms with Crippen molar-refractivity contribution in [1.82, 2.24) is 0 Å². The molecule has 10 heteroatoms. The molecule has 0 saturated carbocycles. The van der Waals surface area contributed by atoms with Crippen LogP contribution in [0.25, 0.3) is 0 Å². The van der Waals surface area contributed by atoms with Crippen LogP contribution >= 0.6 is 0 Å². The van der Waals surface area contributed by atoms with Crippen molar-refractivity contribution in [3.63, 3.8) is 0 Å². The van der Waals surface area contributed by atoms with Crippen LogP contribution in [0.5, 0.6) is 0 Å². The Morgan fingerprint density at radius 1 is 0.615 bits per heavy atom. The Kier molecular flexibility index (Phi) is 7.80. The number of hydrogen-bond acceptors (Lipinski definition) is 5. The van der Waals surface area contributed by atoms with Crippen LogP contribution in [0.1, 0.15) is 32.6 Å². The van der Waals surface area contributed by atoms with E-state index in [0.717, 1.165) is 16.7 Å². The van der Waals surface area contributed by atoms with Crippen LogP contribution in [0.4, 0.5) is 17.1 Å². The second kappa shape index (κ2) is 10.9. The van der Waals surface area contributed by atoms with Crippen LogP contribution in [-0.4, -0.2) is 22.7 Å². The first-order valence-corrected chi connectivity index (χ1v) is 15.0. The van der Waals surface area contributed by atoms with Crippen molar-refractivity contribution in [2.45, 2.75) is 37.5 Å². The predicted octanol–water partition coefficient (Wildman–Crippen LogP) is 5.77. The minimum atomic E-state index is -3.82. The van der Waals surface area contributed by atoms with Gasteiger partial charge >= 0.3 is 0 Å². The molecule has 0 fully saturated rings. The highest BCUT2D eigenvalue weighted by Gasteiger charge is 2.18. The number of para-hydroxylation sites is 1. The van der Waals surface area contributed by atoms with Crippen molar-refractivity contribution in [2.75, 3.05) is 14.8 Å². The zero-order valence-electron chi connectivity index (χ0n) is 21.9. The van der Waals surface area contributed by atoms with E-state index >= 15 is 0 Å². The number of benzene rings is 4. The lowest BCUT2D eigenvalue weighted by atomic mass is 10.1. The average Bonchev–Trinajstić information content (AvgIpc) is 2.88. The largest absolute Gasteiger partial charge is 0.322 e. The second-order valence-electron chi connectivity index (χ2n) is 9.30. The smallest absolute Gasteiger partial charge is 0.261 e. The SMILES string of the molecule is Cc1ccc(S(=O)(=O)Nc2ccc(C(=O)Nc3ccc(S(=O)(=O)Nc4c(C)cccc4C)cc3)cc2C)cc1. The van der Waals surface area contributed by atoms with E-state index in [2.05, 4.69) is 14.8 Å². The van der Waals surface area contributed by atoms with Crippen molar-refractivity contribution >= 4 is 43.0 Å². The summed E-state index contributed by atoms with van der Waals surface area (Å²) in [6, 6.07) is 22.5. The molecule has 0 saturated heterocycles. The average molecular weight is 564 g/mol. The number of hydrogen-bond donors (Lipinski definition) is 3. The van der Waals surface area contributed by atoms with E-state index in [-0.39, 0.29) is 9.79 Å². The summed E-state index contributed by atoms with van der Waals surface area (Å²) in [5.74, 6) is -0.421. The lowest BCUT2D eigenvalue weighted by molar-refractivity contribution is 0.102. The highest BCUT2D eigenvalue weighted by atomic mass is 32.2. The third-order valence-corrected chi connectivity index (χ3v) is 8.95. The molecule has 202 valence electrons. The predicted molar refractivity (Wildman–Crippen MR) is 154 cm³/mol. The number of amides is 1. The molecular weight excluding hydrogens is 534 g/mol. The Hall–Kier alpha value is -4.15. The summed E-state index contributed by atoms with van der Waals surface area (Å²) in [6.45, 7) is 7.24. The zero-order valence-corrected chi connectivity index (χ0v) is 23.6. The molecule has 4 aromatic carbocycles. The molecule has 0 atom stereocenters. The van der Waals surface area contributed by atoms with Crippen LogP contribution in [0.15, 0.2) is 94.7 Å². The van der Waals surface area contributed by atoms with Crippen molar-refractivity contribution < 1.29 is 21.6 Å². The number of carbonyl (C=O) groups excluding carboxylic acids is 1. The standard InChI is InChI=1S/C29H29N3O5S2/c1-19-8-13-25(14-9-19)38(34,35)31-27-17-10-23(18-22(27)4)29(33)30-24-11-15-26(16-12-24)39(36,37)32-28-20(2)6-5-7-21(28)3/h5-18,31-32H,1-4H3,(H,30,33). The van der Waals surface area contributed by atoms with E-state index in [1.54, 1.807) is 25.1 Å². The number of sulfonamides is 2. The highest BCUT2D eigenvalue weighted by molar-refractivity contribution is 7.93. The van der Waals surface area contributed by atoms with Crippen molar-refractivity contribution in [3.8, 4) is 0 Å². The molecule has 3 N–H and O–H groups in total. The van der Waals surface area contributed by atoms with E-state index < -0.39 is 26.0 Å². The summed E-state index contributed by atoms with van der Waals surface area (Å²) in [6.07, 6.45) is 0. The molecule has 0 aromatic heterocycles. The molecule has 0 unspecified atom stereocenters. The zero-order chi connectivity index (χ0) is 28.4. The summed E-state index contributed by atoms with van der Waals surface area (Å²) in [7, 11) is -7.60. The number of anilines is 3. The first-order valence-electron chi connectivity index (χ1n) is 12.1. The van der Waals surface area contributed by atoms with E-state index in [4.69, 9.17) is 0 Å². The fourth-order valence-corrected chi connectivity index (χ4v) is 6.26.